The summed E-state index contributed by atoms with van der Waals surface area (Å²) in [5.41, 5.74) is 5.73. The molecule has 0 bridgehead atoms. The van der Waals surface area contributed by atoms with Crippen molar-refractivity contribution in [1.29, 1.82) is 0 Å². The van der Waals surface area contributed by atoms with E-state index in [2.05, 4.69) is 9.97 Å². The van der Waals surface area contributed by atoms with E-state index in [1.54, 1.807) is 6.92 Å². The summed E-state index contributed by atoms with van der Waals surface area (Å²) in [6.45, 7) is 4.25. The van der Waals surface area contributed by atoms with E-state index in [1.165, 1.54) is 11.6 Å². The molecule has 1 atom stereocenters. The van der Waals surface area contributed by atoms with Crippen LogP contribution in [0, 0.1) is 0 Å². The van der Waals surface area contributed by atoms with Gasteiger partial charge in [0.1, 0.15) is 11.3 Å². The van der Waals surface area contributed by atoms with Gasteiger partial charge >= 0.3 is 5.69 Å². The molecular weight excluding hydrogens is 234 g/mol. The lowest BCUT2D eigenvalue weighted by molar-refractivity contribution is 0.610. The zero-order valence-electron chi connectivity index (χ0n) is 10.7. The largest absolute Gasteiger partial charge is 0.335 e. The van der Waals surface area contributed by atoms with Gasteiger partial charge in [0.2, 0.25) is 0 Å². The Kier molecular flexibility index (Phi) is 3.08. The van der Waals surface area contributed by atoms with Gasteiger partial charge in [-0.25, -0.2) is 9.78 Å². The van der Waals surface area contributed by atoms with Crippen molar-refractivity contribution in [2.45, 2.75) is 32.9 Å². The van der Waals surface area contributed by atoms with Gasteiger partial charge in [0.25, 0.3) is 5.56 Å². The van der Waals surface area contributed by atoms with Crippen LogP contribution in [0.5, 0.6) is 0 Å². The smallest absolute Gasteiger partial charge is 0.332 e. The van der Waals surface area contributed by atoms with Crippen molar-refractivity contribution in [3.63, 3.8) is 0 Å². The fraction of sp³-hybridized carbons (Fsp3) is 0.545. The summed E-state index contributed by atoms with van der Waals surface area (Å²) in [4.78, 5) is 31.2. The molecule has 0 amide bonds. The molecule has 0 radical (unpaired) electrons. The van der Waals surface area contributed by atoms with Crippen molar-refractivity contribution in [1.82, 2.24) is 19.1 Å². The Bertz CT molecular complexity index is 692. The molecule has 0 saturated carbocycles. The Hall–Kier alpha value is -1.89. The Morgan fingerprint density at radius 1 is 1.44 bits per heavy atom. The number of hydrogen-bond donors (Lipinski definition) is 2. The number of rotatable bonds is 3. The van der Waals surface area contributed by atoms with Crippen molar-refractivity contribution >= 4 is 11.2 Å². The van der Waals surface area contributed by atoms with Crippen LogP contribution in [-0.4, -0.2) is 19.1 Å². The molecule has 0 aliphatic heterocycles. The average Bonchev–Trinajstić information content (AvgIpc) is 2.77. The van der Waals surface area contributed by atoms with Crippen LogP contribution in [0.4, 0.5) is 0 Å². The molecule has 0 fully saturated rings. The van der Waals surface area contributed by atoms with Crippen molar-refractivity contribution in [2.75, 3.05) is 0 Å². The van der Waals surface area contributed by atoms with Gasteiger partial charge in [-0.3, -0.25) is 13.9 Å². The Labute approximate surface area is 103 Å². The molecule has 18 heavy (non-hydrogen) atoms. The number of H-pyrrole nitrogens is 1. The lowest BCUT2D eigenvalue weighted by Gasteiger charge is -2.06. The normalized spacial score (nSPS) is 13.1. The molecule has 2 heterocycles. The quantitative estimate of drug-likeness (QED) is 0.792. The predicted molar refractivity (Wildman–Crippen MR) is 68.5 cm³/mol. The SMILES string of the molecule is CCCn1c(=O)n(C)c(=O)c2[nH]c(C(C)N)nc21. The summed E-state index contributed by atoms with van der Waals surface area (Å²) in [7, 11) is 1.46. The maximum Gasteiger partial charge on any atom is 0.332 e. The first kappa shape index (κ1) is 12.6. The third-order valence-corrected chi connectivity index (χ3v) is 2.87. The fourth-order valence-corrected chi connectivity index (χ4v) is 1.89. The maximum absolute atomic E-state index is 12.0. The van der Waals surface area contributed by atoms with E-state index in [0.717, 1.165) is 11.0 Å². The van der Waals surface area contributed by atoms with Crippen molar-refractivity contribution < 1.29 is 0 Å². The molecule has 2 aromatic heterocycles. The summed E-state index contributed by atoms with van der Waals surface area (Å²) >= 11 is 0. The number of nitrogens with two attached hydrogens (primary N) is 1. The third kappa shape index (κ3) is 1.76. The van der Waals surface area contributed by atoms with Crippen LogP contribution < -0.4 is 17.0 Å². The first-order chi connectivity index (χ1) is 8.47. The number of imidazole rings is 1. The molecule has 7 heteroatoms. The monoisotopic (exact) mass is 251 g/mol. The van der Waals surface area contributed by atoms with Gasteiger partial charge in [-0.1, -0.05) is 6.92 Å². The van der Waals surface area contributed by atoms with Crippen molar-refractivity contribution in [2.24, 2.45) is 12.8 Å². The first-order valence-corrected chi connectivity index (χ1v) is 5.92. The summed E-state index contributed by atoms with van der Waals surface area (Å²) in [5.74, 6) is 0.512. The number of nitrogens with one attached hydrogen (secondary N) is 1. The van der Waals surface area contributed by atoms with E-state index in [0.29, 0.717) is 23.5 Å². The highest BCUT2D eigenvalue weighted by Gasteiger charge is 2.16. The van der Waals surface area contributed by atoms with Crippen molar-refractivity contribution in [3.05, 3.63) is 26.7 Å². The molecule has 3 N–H and O–H groups in total. The first-order valence-electron chi connectivity index (χ1n) is 5.92. The van der Waals surface area contributed by atoms with Gasteiger partial charge in [0.05, 0.1) is 6.04 Å². The van der Waals surface area contributed by atoms with Gasteiger partial charge in [-0.05, 0) is 13.3 Å². The Morgan fingerprint density at radius 3 is 2.67 bits per heavy atom. The molecule has 0 aliphatic carbocycles. The van der Waals surface area contributed by atoms with E-state index in [1.807, 2.05) is 6.92 Å². The number of hydrogen-bond acceptors (Lipinski definition) is 4. The molecule has 0 aromatic carbocycles. The number of aromatic nitrogens is 4. The van der Waals surface area contributed by atoms with Gasteiger partial charge in [0.15, 0.2) is 5.65 Å². The molecule has 7 nitrogen and oxygen atoms in total. The number of nitrogens with zero attached hydrogens (tertiary/aromatic N) is 3. The predicted octanol–water partition coefficient (Wildman–Crippen LogP) is -0.147. The molecule has 0 aliphatic rings. The van der Waals surface area contributed by atoms with Gasteiger partial charge < -0.3 is 10.7 Å². The molecular formula is C11H17N5O2. The standard InChI is InChI=1S/C11H17N5O2/c1-4-5-16-9-7(10(17)15(3)11(16)18)13-8(14-9)6(2)12/h6H,4-5,12H2,1-3H3,(H,13,14). The van der Waals surface area contributed by atoms with Crippen molar-refractivity contribution in [3.8, 4) is 0 Å². The highest BCUT2D eigenvalue weighted by atomic mass is 16.2. The Morgan fingerprint density at radius 2 is 2.11 bits per heavy atom. The van der Waals surface area contributed by atoms with E-state index in [-0.39, 0.29) is 17.3 Å². The number of aromatic amines is 1. The van der Waals surface area contributed by atoms with E-state index < -0.39 is 0 Å². The highest BCUT2D eigenvalue weighted by molar-refractivity contribution is 5.69. The van der Waals surface area contributed by atoms with E-state index in [9.17, 15) is 9.59 Å². The van der Waals surface area contributed by atoms with Crippen LogP contribution in [0.3, 0.4) is 0 Å². The fourth-order valence-electron chi connectivity index (χ4n) is 1.89. The average molecular weight is 251 g/mol. The van der Waals surface area contributed by atoms with Crippen LogP contribution in [0.25, 0.3) is 11.2 Å². The minimum absolute atomic E-state index is 0.313. The second-order valence-corrected chi connectivity index (χ2v) is 4.41. The summed E-state index contributed by atoms with van der Waals surface area (Å²) in [6, 6.07) is -0.313. The van der Waals surface area contributed by atoms with Gasteiger partial charge in [-0.2, -0.15) is 0 Å². The van der Waals surface area contributed by atoms with Crippen LogP contribution in [0.15, 0.2) is 9.59 Å². The second-order valence-electron chi connectivity index (χ2n) is 4.41. The van der Waals surface area contributed by atoms with Crippen LogP contribution in [0.1, 0.15) is 32.1 Å². The summed E-state index contributed by atoms with van der Waals surface area (Å²) in [5, 5.41) is 0. The lowest BCUT2D eigenvalue weighted by atomic mass is 10.3. The molecule has 1 unspecified atom stereocenters. The van der Waals surface area contributed by atoms with E-state index >= 15 is 0 Å². The van der Waals surface area contributed by atoms with Crippen LogP contribution in [0.2, 0.25) is 0 Å². The zero-order chi connectivity index (χ0) is 13.4. The maximum atomic E-state index is 12.0. The molecule has 2 rings (SSSR count). The minimum atomic E-state index is -0.373. The molecule has 0 spiro atoms. The zero-order valence-corrected chi connectivity index (χ0v) is 10.7. The topological polar surface area (TPSA) is 98.7 Å². The highest BCUT2D eigenvalue weighted by Crippen LogP contribution is 2.10. The minimum Gasteiger partial charge on any atom is -0.335 e. The lowest BCUT2D eigenvalue weighted by Crippen LogP contribution is -2.38. The van der Waals surface area contributed by atoms with Crippen LogP contribution in [-0.2, 0) is 13.6 Å². The van der Waals surface area contributed by atoms with E-state index in [4.69, 9.17) is 5.73 Å². The van der Waals surface area contributed by atoms with Gasteiger partial charge in [-0.15, -0.1) is 0 Å². The summed E-state index contributed by atoms with van der Waals surface area (Å²) < 4.78 is 2.58. The third-order valence-electron chi connectivity index (χ3n) is 2.87. The second kappa shape index (κ2) is 4.41. The number of fused-ring (bicyclic) bond motifs is 1. The molecule has 0 saturated heterocycles. The molecule has 2 aromatic rings. The number of aryl methyl sites for hydroxylation is 1. The van der Waals surface area contributed by atoms with Gasteiger partial charge in [0, 0.05) is 13.6 Å². The molecule has 98 valence electrons. The Balaban J connectivity index is 2.89. The summed E-state index contributed by atoms with van der Waals surface area (Å²) in [6.07, 6.45) is 0.785. The van der Waals surface area contributed by atoms with Crippen LogP contribution >= 0.6 is 0 Å².